The molecular weight excluding hydrogens is 576 g/mol. The van der Waals surface area contributed by atoms with Gasteiger partial charge in [-0.3, -0.25) is 9.59 Å². The van der Waals surface area contributed by atoms with Crippen LogP contribution in [0.25, 0.3) is 11.1 Å². The van der Waals surface area contributed by atoms with Crippen LogP contribution in [0.3, 0.4) is 0 Å². The molecule has 3 atom stereocenters. The van der Waals surface area contributed by atoms with Crippen molar-refractivity contribution >= 4 is 23.6 Å². The monoisotopic (exact) mass is 620 g/mol. The highest BCUT2D eigenvalue weighted by Gasteiger charge is 2.32. The highest BCUT2D eigenvalue weighted by molar-refractivity contribution is 7.99. The molecule has 236 valence electrons. The van der Waals surface area contributed by atoms with Gasteiger partial charge >= 0.3 is 0 Å². The molecule has 1 fully saturated rings. The van der Waals surface area contributed by atoms with Gasteiger partial charge in [-0.2, -0.15) is 11.8 Å². The van der Waals surface area contributed by atoms with E-state index in [-0.39, 0.29) is 37.2 Å². The van der Waals surface area contributed by atoms with Crippen molar-refractivity contribution in [3.05, 3.63) is 95.1 Å². The number of thioether (sulfide) groups is 1. The van der Waals surface area contributed by atoms with Gasteiger partial charge in [0.2, 0.25) is 11.8 Å². The van der Waals surface area contributed by atoms with E-state index in [0.29, 0.717) is 31.7 Å². The lowest BCUT2D eigenvalue weighted by Crippen LogP contribution is -2.31. The molecule has 3 aromatic rings. The third-order valence-electron chi connectivity index (χ3n) is 7.54. The van der Waals surface area contributed by atoms with Gasteiger partial charge in [-0.05, 0) is 46.7 Å². The van der Waals surface area contributed by atoms with Gasteiger partial charge in [0.05, 0.1) is 25.4 Å². The second-order valence-corrected chi connectivity index (χ2v) is 12.2. The van der Waals surface area contributed by atoms with E-state index >= 15 is 0 Å². The van der Waals surface area contributed by atoms with E-state index in [4.69, 9.17) is 9.47 Å². The van der Waals surface area contributed by atoms with Gasteiger partial charge in [-0.15, -0.1) is 0 Å². The zero-order chi connectivity index (χ0) is 31.1. The van der Waals surface area contributed by atoms with Crippen LogP contribution in [0.15, 0.2) is 72.8 Å². The Hall–Kier alpha value is -3.21. The van der Waals surface area contributed by atoms with Crippen LogP contribution in [0, 0.1) is 0 Å². The fourth-order valence-electron chi connectivity index (χ4n) is 5.14. The maximum absolute atomic E-state index is 12.3. The summed E-state index contributed by atoms with van der Waals surface area (Å²) in [5.74, 6) is 1.44. The van der Waals surface area contributed by atoms with Crippen LogP contribution >= 0.6 is 11.8 Å². The van der Waals surface area contributed by atoms with E-state index in [1.165, 1.54) is 6.92 Å². The molecule has 1 aliphatic rings. The Labute approximate surface area is 264 Å². The van der Waals surface area contributed by atoms with Crippen molar-refractivity contribution in [3.8, 4) is 11.1 Å². The minimum atomic E-state index is -0.521. The van der Waals surface area contributed by atoms with Gasteiger partial charge in [-0.25, -0.2) is 0 Å². The third kappa shape index (κ3) is 10.7. The Morgan fingerprint density at radius 3 is 2.36 bits per heavy atom. The second-order valence-electron chi connectivity index (χ2n) is 11.0. The predicted octanol–water partition coefficient (Wildman–Crippen LogP) is 5.43. The molecule has 0 aromatic heterocycles. The smallest absolute Gasteiger partial charge is 0.220 e. The normalized spacial score (nSPS) is 18.1. The molecule has 8 nitrogen and oxygen atoms in total. The minimum Gasteiger partial charge on any atom is -0.396 e. The Kier molecular flexibility index (Phi) is 13.7. The molecule has 9 heteroatoms. The average Bonchev–Trinajstić information content (AvgIpc) is 3.05. The predicted molar refractivity (Wildman–Crippen MR) is 174 cm³/mol. The van der Waals surface area contributed by atoms with Crippen LogP contribution in [0.1, 0.15) is 73.7 Å². The largest absolute Gasteiger partial charge is 0.396 e. The first-order valence-corrected chi connectivity index (χ1v) is 16.5. The number of hydrogen-bond donors (Lipinski definition) is 4. The summed E-state index contributed by atoms with van der Waals surface area (Å²) in [5.41, 5.74) is 6.00. The van der Waals surface area contributed by atoms with Gasteiger partial charge in [0.25, 0.3) is 0 Å². The fraction of sp³-hybridized carbons (Fsp3) is 0.429. The van der Waals surface area contributed by atoms with Crippen LogP contribution in [0.2, 0.25) is 0 Å². The lowest BCUT2D eigenvalue weighted by Gasteiger charge is -2.36. The summed E-state index contributed by atoms with van der Waals surface area (Å²) in [6.45, 7) is 2.77. The Bertz CT molecular complexity index is 1320. The molecule has 0 unspecified atom stereocenters. The Balaban J connectivity index is 1.34. The molecule has 1 heterocycles. The molecule has 0 radical (unpaired) electrons. The molecule has 4 rings (SSSR count). The van der Waals surface area contributed by atoms with E-state index in [0.717, 1.165) is 58.4 Å². The standard InChI is InChI=1S/C35H44N2O6S/c1-25(40)36-17-4-2-3-8-34(41)37-22-27-6-5-7-31(20-27)28-13-15-30(16-14-28)35-42-32(24-44-19-18-38)21-33(43-35)29-11-9-26(23-39)10-12-29/h5-7,9-16,20,32-33,35,38-39H,2-4,8,17-19,21-24H2,1H3,(H,36,40)(H,37,41)/t32-,33+,35+/m0/s1. The van der Waals surface area contributed by atoms with Crippen LogP contribution in [0.4, 0.5) is 0 Å². The molecule has 0 bridgehead atoms. The Morgan fingerprint density at radius 2 is 1.64 bits per heavy atom. The number of unbranched alkanes of at least 4 members (excludes halogenated alkanes) is 2. The first-order valence-electron chi connectivity index (χ1n) is 15.3. The van der Waals surface area contributed by atoms with Crippen LogP contribution in [0.5, 0.6) is 0 Å². The fourth-order valence-corrected chi connectivity index (χ4v) is 5.91. The van der Waals surface area contributed by atoms with Crippen LogP contribution in [-0.4, -0.2) is 52.8 Å². The van der Waals surface area contributed by atoms with Gasteiger partial charge < -0.3 is 30.3 Å². The molecule has 4 N–H and O–H groups in total. The maximum atomic E-state index is 12.3. The topological polar surface area (TPSA) is 117 Å². The minimum absolute atomic E-state index is 0.00485. The second kappa shape index (κ2) is 17.9. The summed E-state index contributed by atoms with van der Waals surface area (Å²) >= 11 is 1.67. The molecule has 1 saturated heterocycles. The summed E-state index contributed by atoms with van der Waals surface area (Å²) in [6.07, 6.45) is 3.07. The number of nitrogens with one attached hydrogen (secondary N) is 2. The van der Waals surface area contributed by atoms with Crippen molar-refractivity contribution in [3.63, 3.8) is 0 Å². The maximum Gasteiger partial charge on any atom is 0.220 e. The highest BCUT2D eigenvalue weighted by atomic mass is 32.2. The summed E-state index contributed by atoms with van der Waals surface area (Å²) < 4.78 is 12.8. The molecular formula is C35H44N2O6S. The van der Waals surface area contributed by atoms with E-state index in [1.807, 2.05) is 48.5 Å². The van der Waals surface area contributed by atoms with Crippen molar-refractivity contribution in [1.82, 2.24) is 10.6 Å². The van der Waals surface area contributed by atoms with Crippen molar-refractivity contribution in [2.75, 3.05) is 24.7 Å². The molecule has 0 spiro atoms. The van der Waals surface area contributed by atoms with Crippen molar-refractivity contribution in [1.29, 1.82) is 0 Å². The number of aliphatic hydroxyl groups excluding tert-OH is 2. The zero-order valence-corrected chi connectivity index (χ0v) is 26.2. The van der Waals surface area contributed by atoms with E-state index in [1.54, 1.807) is 11.8 Å². The average molecular weight is 621 g/mol. The first kappa shape index (κ1) is 33.7. The van der Waals surface area contributed by atoms with Crippen molar-refractivity contribution < 1.29 is 29.3 Å². The number of aliphatic hydroxyl groups is 2. The molecule has 0 saturated carbocycles. The number of hydrogen-bond acceptors (Lipinski definition) is 7. The van der Waals surface area contributed by atoms with Crippen molar-refractivity contribution in [2.45, 2.75) is 70.7 Å². The number of carbonyl (C=O) groups is 2. The SMILES string of the molecule is CC(=O)NCCCCCC(=O)NCc1cccc(-c2ccc([C@@H]3O[C@H](CSCCO)C[C@H](c4ccc(CO)cc4)O3)cc2)c1. The number of rotatable bonds is 16. The Morgan fingerprint density at radius 1 is 0.864 bits per heavy atom. The van der Waals surface area contributed by atoms with Gasteiger partial charge in [0.15, 0.2) is 6.29 Å². The lowest BCUT2D eigenvalue weighted by atomic mass is 9.99. The van der Waals surface area contributed by atoms with E-state index < -0.39 is 6.29 Å². The molecule has 0 aliphatic carbocycles. The summed E-state index contributed by atoms with van der Waals surface area (Å²) in [7, 11) is 0. The van der Waals surface area contributed by atoms with Crippen LogP contribution in [-0.2, 0) is 32.2 Å². The van der Waals surface area contributed by atoms with E-state index in [9.17, 15) is 19.8 Å². The van der Waals surface area contributed by atoms with Crippen molar-refractivity contribution in [2.24, 2.45) is 0 Å². The number of carbonyl (C=O) groups excluding carboxylic acids is 2. The lowest BCUT2D eigenvalue weighted by molar-refractivity contribution is -0.245. The highest BCUT2D eigenvalue weighted by Crippen LogP contribution is 2.39. The summed E-state index contributed by atoms with van der Waals surface area (Å²) in [5, 5.41) is 24.4. The molecule has 2 amide bonds. The molecule has 1 aliphatic heterocycles. The summed E-state index contributed by atoms with van der Waals surface area (Å²) in [6, 6.07) is 24.2. The van der Waals surface area contributed by atoms with Crippen LogP contribution < -0.4 is 10.6 Å². The molecule has 44 heavy (non-hydrogen) atoms. The first-order chi connectivity index (χ1) is 21.4. The third-order valence-corrected chi connectivity index (χ3v) is 8.62. The number of amides is 2. The van der Waals surface area contributed by atoms with Gasteiger partial charge in [-0.1, -0.05) is 73.2 Å². The van der Waals surface area contributed by atoms with E-state index in [2.05, 4.69) is 34.9 Å². The van der Waals surface area contributed by atoms with Gasteiger partial charge in [0.1, 0.15) is 0 Å². The summed E-state index contributed by atoms with van der Waals surface area (Å²) in [4.78, 5) is 23.2. The quantitative estimate of drug-likeness (QED) is 0.158. The van der Waals surface area contributed by atoms with Gasteiger partial charge in [0, 0.05) is 49.9 Å². The number of ether oxygens (including phenoxy) is 2. The molecule has 3 aromatic carbocycles. The number of benzene rings is 3. The zero-order valence-electron chi connectivity index (χ0n) is 25.4.